The number of pyridine rings is 1. The summed E-state index contributed by atoms with van der Waals surface area (Å²) >= 11 is -0.698. The van der Waals surface area contributed by atoms with Crippen molar-refractivity contribution in [3.05, 3.63) is 18.3 Å². The zero-order valence-corrected chi connectivity index (χ0v) is 18.6. The quantitative estimate of drug-likeness (QED) is 0.667. The third kappa shape index (κ3) is 6.15. The van der Waals surface area contributed by atoms with E-state index in [2.05, 4.69) is 42.8 Å². The second-order valence-corrected chi connectivity index (χ2v) is 14.7. The van der Waals surface area contributed by atoms with Gasteiger partial charge in [-0.1, -0.05) is 0 Å². The Labute approximate surface area is 156 Å². The maximum atomic E-state index is 12.1. The van der Waals surface area contributed by atoms with E-state index in [4.69, 9.17) is 4.74 Å². The van der Waals surface area contributed by atoms with Crippen LogP contribution in [0.4, 0.5) is 10.5 Å². The predicted molar refractivity (Wildman–Crippen MR) is 99.4 cm³/mol. The molecular formula is C18H29N3O2Sn. The standard InChI is InChI=1S/C14H20N3O2.C4H9.Sn/c1-14(2,3)19-13(18)17-10-8-16(9-11-17)12-4-6-15-7-5-12;1-4(2)3;/h4-6H,8-11H2,1-3H3;1-3H3;. The average molecular weight is 438 g/mol. The second kappa shape index (κ2) is 7.50. The third-order valence-electron chi connectivity index (χ3n) is 3.54. The van der Waals surface area contributed by atoms with Gasteiger partial charge in [-0.2, -0.15) is 0 Å². The summed E-state index contributed by atoms with van der Waals surface area (Å²) in [5, 5.41) is 0. The Bertz CT molecular complexity index is 570. The van der Waals surface area contributed by atoms with Crippen molar-refractivity contribution in [2.75, 3.05) is 31.1 Å². The van der Waals surface area contributed by atoms with Crippen molar-refractivity contribution in [3.8, 4) is 0 Å². The van der Waals surface area contributed by atoms with E-state index in [9.17, 15) is 4.79 Å². The van der Waals surface area contributed by atoms with E-state index in [-0.39, 0.29) is 6.09 Å². The summed E-state index contributed by atoms with van der Waals surface area (Å²) < 4.78 is 7.14. The van der Waals surface area contributed by atoms with Gasteiger partial charge < -0.3 is 0 Å². The van der Waals surface area contributed by atoms with Gasteiger partial charge in [-0.15, -0.1) is 0 Å². The van der Waals surface area contributed by atoms with Gasteiger partial charge in [0, 0.05) is 0 Å². The number of aromatic nitrogens is 1. The molecule has 2 heterocycles. The van der Waals surface area contributed by atoms with Crippen LogP contribution >= 0.6 is 0 Å². The number of hydrogen-bond donors (Lipinski definition) is 0. The first-order chi connectivity index (χ1) is 11.0. The number of amides is 1. The van der Waals surface area contributed by atoms with Gasteiger partial charge in [-0.3, -0.25) is 0 Å². The summed E-state index contributed by atoms with van der Waals surface area (Å²) in [6, 6.07) is 4.33. The molecule has 0 saturated carbocycles. The van der Waals surface area contributed by atoms with Crippen LogP contribution in [0.1, 0.15) is 41.5 Å². The molecule has 1 amide bonds. The molecule has 0 bridgehead atoms. The van der Waals surface area contributed by atoms with Crippen molar-refractivity contribution in [3.63, 3.8) is 0 Å². The minimum absolute atomic E-state index is 0.209. The average Bonchev–Trinajstić information content (AvgIpc) is 2.44. The SMILES string of the molecule is CC(C)(C)OC(=O)N1CCN(c2ccn[c]([Sn][C](C)(C)C)c2)CC1. The number of hydrogen-bond acceptors (Lipinski definition) is 4. The van der Waals surface area contributed by atoms with Crippen molar-refractivity contribution >= 4 is 36.6 Å². The molecule has 1 aromatic rings. The second-order valence-electron chi connectivity index (χ2n) is 8.23. The molecule has 2 rings (SSSR count). The van der Waals surface area contributed by atoms with E-state index in [1.54, 1.807) is 4.90 Å². The Morgan fingerprint density at radius 1 is 1.12 bits per heavy atom. The van der Waals surface area contributed by atoms with E-state index >= 15 is 0 Å². The van der Waals surface area contributed by atoms with Crippen molar-refractivity contribution < 1.29 is 9.53 Å². The monoisotopic (exact) mass is 439 g/mol. The Hall–Kier alpha value is -0.981. The van der Waals surface area contributed by atoms with E-state index in [1.807, 2.05) is 27.0 Å². The molecule has 6 heteroatoms. The first-order valence-electron chi connectivity index (χ1n) is 8.51. The zero-order valence-electron chi connectivity index (χ0n) is 15.7. The van der Waals surface area contributed by atoms with Crippen molar-refractivity contribution in [2.24, 2.45) is 0 Å². The van der Waals surface area contributed by atoms with Crippen LogP contribution in [0.15, 0.2) is 18.3 Å². The summed E-state index contributed by atoms with van der Waals surface area (Å²) in [6.45, 7) is 15.7. The number of carbonyl (C=O) groups is 1. The molecule has 132 valence electrons. The molecule has 24 heavy (non-hydrogen) atoms. The Balaban J connectivity index is 1.95. The number of anilines is 1. The molecule has 0 aliphatic carbocycles. The van der Waals surface area contributed by atoms with E-state index < -0.39 is 26.7 Å². The summed E-state index contributed by atoms with van der Waals surface area (Å²) in [4.78, 5) is 20.9. The van der Waals surface area contributed by atoms with Crippen LogP contribution in [0, 0.1) is 0 Å². The van der Waals surface area contributed by atoms with E-state index in [0.29, 0.717) is 16.5 Å². The number of nitrogens with zero attached hydrogens (tertiary/aromatic N) is 3. The summed E-state index contributed by atoms with van der Waals surface area (Å²) in [5.74, 6) is 0. The van der Waals surface area contributed by atoms with Crippen LogP contribution in [0.5, 0.6) is 0 Å². The summed E-state index contributed by atoms with van der Waals surface area (Å²) in [6.07, 6.45) is 1.72. The molecule has 1 saturated heterocycles. The van der Waals surface area contributed by atoms with Gasteiger partial charge in [0.25, 0.3) is 0 Å². The third-order valence-corrected chi connectivity index (χ3v) is 7.20. The van der Waals surface area contributed by atoms with Gasteiger partial charge in [0.05, 0.1) is 0 Å². The number of rotatable bonds is 2. The van der Waals surface area contributed by atoms with Gasteiger partial charge in [-0.05, 0) is 0 Å². The van der Waals surface area contributed by atoms with Gasteiger partial charge in [0.1, 0.15) is 0 Å². The molecule has 1 aliphatic heterocycles. The van der Waals surface area contributed by atoms with Crippen LogP contribution < -0.4 is 8.61 Å². The first kappa shape index (κ1) is 19.3. The van der Waals surface area contributed by atoms with Crippen LogP contribution in [0.25, 0.3) is 0 Å². The molecular weight excluding hydrogens is 409 g/mol. The van der Waals surface area contributed by atoms with Gasteiger partial charge in [0.15, 0.2) is 0 Å². The van der Waals surface area contributed by atoms with Crippen LogP contribution in [0.2, 0.25) is 3.43 Å². The Morgan fingerprint density at radius 3 is 2.29 bits per heavy atom. The molecule has 5 nitrogen and oxygen atoms in total. The molecule has 0 atom stereocenters. The molecule has 0 N–H and O–H groups in total. The fourth-order valence-corrected chi connectivity index (χ4v) is 5.76. The zero-order chi connectivity index (χ0) is 18.0. The van der Waals surface area contributed by atoms with Crippen LogP contribution in [-0.2, 0) is 4.74 Å². The fourth-order valence-electron chi connectivity index (χ4n) is 2.54. The van der Waals surface area contributed by atoms with E-state index in [1.165, 1.54) is 9.40 Å². The summed E-state index contributed by atoms with van der Waals surface area (Å²) in [5.41, 5.74) is 0.793. The Morgan fingerprint density at radius 2 is 1.75 bits per heavy atom. The van der Waals surface area contributed by atoms with Gasteiger partial charge in [-0.25, -0.2) is 0 Å². The maximum absolute atomic E-state index is 12.1. The van der Waals surface area contributed by atoms with Crippen LogP contribution in [0.3, 0.4) is 0 Å². The number of ether oxygens (including phenoxy) is 1. The topological polar surface area (TPSA) is 45.7 Å². The van der Waals surface area contributed by atoms with Crippen molar-refractivity contribution in [2.45, 2.75) is 50.6 Å². The fraction of sp³-hybridized carbons (Fsp3) is 0.667. The van der Waals surface area contributed by atoms with Crippen molar-refractivity contribution in [1.29, 1.82) is 0 Å². The molecule has 0 aromatic carbocycles. The Kier molecular flexibility index (Phi) is 6.04. The number of carbonyl (C=O) groups excluding carboxylic acids is 1. The van der Waals surface area contributed by atoms with E-state index in [0.717, 1.165) is 13.1 Å². The molecule has 0 unspecified atom stereocenters. The minimum atomic E-state index is -0.698. The molecule has 2 radical (unpaired) electrons. The molecule has 0 spiro atoms. The van der Waals surface area contributed by atoms with Crippen molar-refractivity contribution in [1.82, 2.24) is 9.88 Å². The van der Waals surface area contributed by atoms with Gasteiger partial charge >= 0.3 is 156 Å². The predicted octanol–water partition coefficient (Wildman–Crippen LogP) is 2.69. The normalized spacial score (nSPS) is 16.2. The van der Waals surface area contributed by atoms with Gasteiger partial charge in [0.2, 0.25) is 0 Å². The first-order valence-corrected chi connectivity index (χ1v) is 11.4. The molecule has 1 fully saturated rings. The summed E-state index contributed by atoms with van der Waals surface area (Å²) in [7, 11) is 0. The molecule has 1 aromatic heterocycles. The molecule has 1 aliphatic rings. The number of piperazine rings is 1. The van der Waals surface area contributed by atoms with Crippen LogP contribution in [-0.4, -0.2) is 68.9 Å².